The fourth-order valence-corrected chi connectivity index (χ4v) is 6.94. The monoisotopic (exact) mass is 585 g/mol. The topological polar surface area (TPSA) is 71.4 Å². The highest BCUT2D eigenvalue weighted by Gasteiger charge is 2.28. The normalized spacial score (nSPS) is 21.9. The molecule has 6 nitrogen and oxygen atoms in total. The lowest BCUT2D eigenvalue weighted by molar-refractivity contribution is -0.539. The maximum Gasteiger partial charge on any atom is 0.246 e. The summed E-state index contributed by atoms with van der Waals surface area (Å²) in [6.07, 6.45) is 16.3. The van der Waals surface area contributed by atoms with Gasteiger partial charge in [-0.1, -0.05) is 51.3 Å². The van der Waals surface area contributed by atoms with Gasteiger partial charge in [0, 0.05) is 36.4 Å². The molecule has 3 aliphatic rings. The van der Waals surface area contributed by atoms with Gasteiger partial charge in [0.15, 0.2) is 0 Å². The van der Waals surface area contributed by atoms with Crippen molar-refractivity contribution >= 4 is 18.3 Å². The van der Waals surface area contributed by atoms with Crippen molar-refractivity contribution in [3.63, 3.8) is 0 Å². The molecule has 2 aromatic rings. The Kier molecular flexibility index (Phi) is 10.2. The highest BCUT2D eigenvalue weighted by molar-refractivity contribution is 5.85. The van der Waals surface area contributed by atoms with Crippen LogP contribution in [0.5, 0.6) is 11.5 Å². The summed E-state index contributed by atoms with van der Waals surface area (Å²) in [5, 5.41) is 21.7. The summed E-state index contributed by atoms with van der Waals surface area (Å²) < 4.78 is 2.63. The van der Waals surface area contributed by atoms with Gasteiger partial charge in [-0.05, 0) is 86.6 Å². The van der Waals surface area contributed by atoms with Crippen LogP contribution in [0.25, 0.3) is 0 Å². The predicted octanol–water partition coefficient (Wildman–Crippen LogP) is 7.18. The zero-order valence-corrected chi connectivity index (χ0v) is 27.0. The van der Waals surface area contributed by atoms with E-state index in [1.807, 2.05) is 31.5 Å². The van der Waals surface area contributed by atoms with Gasteiger partial charge in [-0.2, -0.15) is 0 Å². The molecule has 0 radical (unpaired) electrons. The van der Waals surface area contributed by atoms with Crippen LogP contribution in [0.3, 0.4) is 0 Å². The van der Waals surface area contributed by atoms with Gasteiger partial charge in [-0.15, -0.1) is 0 Å². The summed E-state index contributed by atoms with van der Waals surface area (Å²) in [5.41, 5.74) is 4.90. The fraction of sp³-hybridized carbons (Fsp3) is 0.595. The maximum absolute atomic E-state index is 11.5. The Hall–Kier alpha value is -3.15. The van der Waals surface area contributed by atoms with Crippen LogP contribution >= 0.6 is 0 Å². The van der Waals surface area contributed by atoms with E-state index in [0.29, 0.717) is 5.75 Å². The molecule has 0 aromatic heterocycles. The van der Waals surface area contributed by atoms with Crippen molar-refractivity contribution in [2.75, 3.05) is 26.2 Å². The summed E-state index contributed by atoms with van der Waals surface area (Å²) in [4.78, 5) is 12.6. The number of phenolic OH excluding ortho intramolecular Hbond substituents is 2. The molecule has 1 fully saturated rings. The van der Waals surface area contributed by atoms with E-state index >= 15 is 0 Å². The summed E-state index contributed by atoms with van der Waals surface area (Å²) in [5.74, 6) is 2.19. The average Bonchev–Trinajstić information content (AvgIpc) is 3.24. The molecular formula is C37H53N4O2+. The van der Waals surface area contributed by atoms with Crippen LogP contribution in [-0.4, -0.2) is 76.2 Å². The standard InChI is InChI=1S/C37H52N4O2/c1-27-16-17-34(42)29(22-27)25-38-32-13-7-8-14-33(32)39-26-30-24-31(37(2,3)4)23-28(36(30)43)12-10-19-41-21-11-20-40-18-9-5-6-15-35(40)41/h16-17,22-26,32-33H,5-15,18-21H2,1-4H3,(H-,38,39,42,43)/p+1. The number of rotatable bonds is 8. The Labute approximate surface area is 259 Å². The molecule has 2 heterocycles. The highest BCUT2D eigenvalue weighted by Crippen LogP contribution is 2.32. The lowest BCUT2D eigenvalue weighted by Gasteiger charge is -2.27. The molecule has 1 saturated carbocycles. The lowest BCUT2D eigenvalue weighted by atomic mass is 9.84. The van der Waals surface area contributed by atoms with E-state index in [4.69, 9.17) is 9.98 Å². The molecule has 2 N–H and O–H groups in total. The average molecular weight is 586 g/mol. The molecule has 6 heteroatoms. The van der Waals surface area contributed by atoms with Gasteiger partial charge in [0.25, 0.3) is 0 Å². The molecule has 5 rings (SSSR count). The largest absolute Gasteiger partial charge is 0.507 e. The van der Waals surface area contributed by atoms with Crippen molar-refractivity contribution in [1.29, 1.82) is 0 Å². The van der Waals surface area contributed by atoms with E-state index in [2.05, 4.69) is 42.4 Å². The molecule has 0 amide bonds. The molecule has 2 unspecified atom stereocenters. The lowest BCUT2D eigenvalue weighted by Crippen LogP contribution is -2.44. The van der Waals surface area contributed by atoms with Crippen LogP contribution in [0, 0.1) is 6.92 Å². The second kappa shape index (κ2) is 14.1. The Morgan fingerprint density at radius 3 is 2.35 bits per heavy atom. The molecule has 1 aliphatic carbocycles. The Bertz CT molecular complexity index is 1350. The van der Waals surface area contributed by atoms with E-state index < -0.39 is 0 Å². The first-order valence-electron chi connectivity index (χ1n) is 16.8. The fourth-order valence-electron chi connectivity index (χ4n) is 6.94. The minimum Gasteiger partial charge on any atom is -0.507 e. The predicted molar refractivity (Wildman–Crippen MR) is 179 cm³/mol. The first-order chi connectivity index (χ1) is 20.7. The van der Waals surface area contributed by atoms with E-state index in [9.17, 15) is 10.2 Å². The number of nitrogens with zero attached hydrogens (tertiary/aromatic N) is 4. The summed E-state index contributed by atoms with van der Waals surface area (Å²) in [6, 6.07) is 10.1. The van der Waals surface area contributed by atoms with Crippen molar-refractivity contribution in [2.45, 2.75) is 116 Å². The molecule has 2 aliphatic heterocycles. The van der Waals surface area contributed by atoms with E-state index in [1.165, 1.54) is 50.8 Å². The highest BCUT2D eigenvalue weighted by atomic mass is 16.3. The number of hydrogen-bond donors (Lipinski definition) is 2. The number of hydrogen-bond acceptors (Lipinski definition) is 5. The molecule has 2 aromatic carbocycles. The van der Waals surface area contributed by atoms with Crippen LogP contribution in [0.4, 0.5) is 0 Å². The quantitative estimate of drug-likeness (QED) is 0.255. The van der Waals surface area contributed by atoms with E-state index in [0.717, 1.165) is 73.9 Å². The van der Waals surface area contributed by atoms with E-state index in [-0.39, 0.29) is 23.2 Å². The van der Waals surface area contributed by atoms with Gasteiger partial charge < -0.3 is 10.2 Å². The Morgan fingerprint density at radius 1 is 0.884 bits per heavy atom. The molecule has 0 spiro atoms. The third-order valence-corrected chi connectivity index (χ3v) is 9.56. The second-order valence-corrected chi connectivity index (χ2v) is 14.0. The summed E-state index contributed by atoms with van der Waals surface area (Å²) in [7, 11) is 0. The molecule has 232 valence electrons. The van der Waals surface area contributed by atoms with Gasteiger partial charge in [-0.25, -0.2) is 0 Å². The minimum atomic E-state index is -0.0257. The molecule has 2 atom stereocenters. The Morgan fingerprint density at radius 2 is 1.60 bits per heavy atom. The van der Waals surface area contributed by atoms with Crippen LogP contribution in [0.2, 0.25) is 0 Å². The third kappa shape index (κ3) is 8.07. The van der Waals surface area contributed by atoms with Gasteiger partial charge in [0.1, 0.15) is 11.5 Å². The van der Waals surface area contributed by atoms with Crippen LogP contribution < -0.4 is 0 Å². The minimum absolute atomic E-state index is 0.0257. The number of benzene rings is 2. The molecule has 0 bridgehead atoms. The van der Waals surface area contributed by atoms with Crippen molar-refractivity contribution in [1.82, 2.24) is 4.90 Å². The van der Waals surface area contributed by atoms with Crippen LogP contribution in [0.15, 0.2) is 40.3 Å². The number of amidine groups is 1. The first-order valence-corrected chi connectivity index (χ1v) is 16.8. The van der Waals surface area contributed by atoms with Crippen molar-refractivity contribution in [2.24, 2.45) is 9.98 Å². The van der Waals surface area contributed by atoms with Crippen molar-refractivity contribution in [3.05, 3.63) is 58.1 Å². The van der Waals surface area contributed by atoms with Gasteiger partial charge in [0.05, 0.1) is 38.3 Å². The first kappa shape index (κ1) is 31.3. The zero-order chi connectivity index (χ0) is 30.4. The maximum atomic E-state index is 11.5. The third-order valence-electron chi connectivity index (χ3n) is 9.56. The molecule has 0 saturated heterocycles. The smallest absolute Gasteiger partial charge is 0.246 e. The van der Waals surface area contributed by atoms with Gasteiger partial charge in [-0.3, -0.25) is 19.5 Å². The van der Waals surface area contributed by atoms with Crippen LogP contribution in [0.1, 0.15) is 113 Å². The Balaban J connectivity index is 1.32. The SMILES string of the molecule is Cc1ccc(O)c(C=NC2CCCCC2N=Cc2cc(C(C)(C)C)cc(CCCN3CCC[N+]4=C3CCCCC4)c2O)c1. The van der Waals surface area contributed by atoms with E-state index in [1.54, 1.807) is 11.9 Å². The zero-order valence-electron chi connectivity index (χ0n) is 27.0. The number of aromatic hydroxyl groups is 2. The van der Waals surface area contributed by atoms with Crippen molar-refractivity contribution < 1.29 is 14.8 Å². The number of aryl methyl sites for hydroxylation is 2. The van der Waals surface area contributed by atoms with Crippen molar-refractivity contribution in [3.8, 4) is 11.5 Å². The second-order valence-electron chi connectivity index (χ2n) is 14.0. The molecular weight excluding hydrogens is 532 g/mol. The summed E-state index contributed by atoms with van der Waals surface area (Å²) >= 11 is 0. The number of phenols is 2. The van der Waals surface area contributed by atoms with Crippen LogP contribution in [-0.2, 0) is 11.8 Å². The molecule has 43 heavy (non-hydrogen) atoms. The summed E-state index contributed by atoms with van der Waals surface area (Å²) in [6.45, 7) is 13.4. The van der Waals surface area contributed by atoms with Gasteiger partial charge in [0.2, 0.25) is 5.84 Å². The number of aliphatic imine (C=N–C) groups is 2. The van der Waals surface area contributed by atoms with Gasteiger partial charge >= 0.3 is 0 Å².